The van der Waals surface area contributed by atoms with Crippen molar-refractivity contribution in [3.8, 4) is 0 Å². The van der Waals surface area contributed by atoms with Crippen molar-refractivity contribution in [2.75, 3.05) is 39.6 Å². The molecule has 5 unspecified atom stereocenters. The van der Waals surface area contributed by atoms with E-state index in [1.165, 1.54) is 116 Å². The van der Waals surface area contributed by atoms with Gasteiger partial charge in [-0.15, -0.1) is 0 Å². The van der Waals surface area contributed by atoms with Crippen molar-refractivity contribution < 1.29 is 80.2 Å². The van der Waals surface area contributed by atoms with Crippen molar-refractivity contribution in [2.24, 2.45) is 0 Å². The molecule has 0 aromatic heterocycles. The van der Waals surface area contributed by atoms with E-state index in [4.69, 9.17) is 37.0 Å². The van der Waals surface area contributed by atoms with Gasteiger partial charge in [-0.05, 0) is 116 Å². The van der Waals surface area contributed by atoms with Crippen molar-refractivity contribution in [2.45, 2.75) is 380 Å². The van der Waals surface area contributed by atoms with Crippen LogP contribution in [-0.4, -0.2) is 96.7 Å². The number of phosphoric ester groups is 2. The second-order valence-electron chi connectivity index (χ2n) is 27.0. The van der Waals surface area contributed by atoms with Gasteiger partial charge in [0.25, 0.3) is 0 Å². The highest BCUT2D eigenvalue weighted by atomic mass is 31.2. The standard InChI is InChI=1S/C81H146O17P2/c1-5-9-13-17-21-25-29-33-35-36-37-38-40-44-46-50-54-58-62-66-79(84)92-72-77(98-81(86)68-64-60-56-52-48-42-32-28-24-20-16-12-8-4)74-96-100(89,90)94-70-75(82)69-93-99(87,88)95-73-76(97-80(85)67-63-59-55-51-47-41-31-27-23-19-15-11-7-3)71-91-78(83)65-61-57-53-49-45-43-39-34-30-26-22-18-14-10-6-2/h15,19,21,25,27-28,31-33,35,37-38,75-77,82H,5-14,16-18,20,22-24,26,29-30,34,36,39-74H2,1-4H3,(H,87,88)(H,89,90)/b19-15-,25-21-,31-27-,32-28-,35-33-,38-37-. The number of carbonyl (C=O) groups excluding carboxylic acids is 4. The molecule has 17 nitrogen and oxygen atoms in total. The van der Waals surface area contributed by atoms with Gasteiger partial charge in [-0.1, -0.05) is 293 Å². The first-order valence-corrected chi connectivity index (χ1v) is 43.2. The van der Waals surface area contributed by atoms with Crippen LogP contribution in [0.2, 0.25) is 0 Å². The van der Waals surface area contributed by atoms with E-state index in [2.05, 4.69) is 101 Å². The number of rotatable bonds is 76. The summed E-state index contributed by atoms with van der Waals surface area (Å²) in [4.78, 5) is 72.9. The van der Waals surface area contributed by atoms with E-state index in [-0.39, 0.29) is 25.7 Å². The quantitative estimate of drug-likeness (QED) is 0.0169. The number of carbonyl (C=O) groups is 4. The van der Waals surface area contributed by atoms with Gasteiger partial charge in [-0.25, -0.2) is 9.13 Å². The molecule has 0 fully saturated rings. The molecule has 0 aromatic rings. The lowest BCUT2D eigenvalue weighted by Gasteiger charge is -2.21. The molecule has 0 aliphatic heterocycles. The molecule has 3 N–H and O–H groups in total. The molecule has 0 saturated heterocycles. The second-order valence-corrected chi connectivity index (χ2v) is 29.9. The van der Waals surface area contributed by atoms with E-state index in [1.54, 1.807) is 0 Å². The monoisotopic (exact) mass is 1450 g/mol. The average molecular weight is 1450 g/mol. The topological polar surface area (TPSA) is 237 Å². The maximum atomic E-state index is 13.1. The van der Waals surface area contributed by atoms with Crippen LogP contribution >= 0.6 is 15.6 Å². The fraction of sp³-hybridized carbons (Fsp3) is 0.802. The molecule has 5 atom stereocenters. The van der Waals surface area contributed by atoms with Crippen LogP contribution in [0.5, 0.6) is 0 Å². The summed E-state index contributed by atoms with van der Waals surface area (Å²) in [6, 6.07) is 0. The lowest BCUT2D eigenvalue weighted by molar-refractivity contribution is -0.161. The van der Waals surface area contributed by atoms with Gasteiger partial charge in [0.15, 0.2) is 12.2 Å². The summed E-state index contributed by atoms with van der Waals surface area (Å²) >= 11 is 0. The Balaban J connectivity index is 5.31. The fourth-order valence-electron chi connectivity index (χ4n) is 11.0. The van der Waals surface area contributed by atoms with Crippen molar-refractivity contribution in [1.29, 1.82) is 0 Å². The van der Waals surface area contributed by atoms with Crippen LogP contribution in [0.25, 0.3) is 0 Å². The summed E-state index contributed by atoms with van der Waals surface area (Å²) in [5.41, 5.74) is 0. The smallest absolute Gasteiger partial charge is 0.462 e. The predicted molar refractivity (Wildman–Crippen MR) is 409 cm³/mol. The molecular weight excluding hydrogens is 1310 g/mol. The number of ether oxygens (including phenoxy) is 4. The number of hydrogen-bond donors (Lipinski definition) is 3. The Labute approximate surface area is 609 Å². The van der Waals surface area contributed by atoms with Gasteiger partial charge in [0, 0.05) is 25.7 Å². The molecular formula is C81H146O17P2. The maximum Gasteiger partial charge on any atom is 0.472 e. The van der Waals surface area contributed by atoms with Gasteiger partial charge in [-0.2, -0.15) is 0 Å². The maximum absolute atomic E-state index is 13.1. The molecule has 582 valence electrons. The number of esters is 4. The Bertz CT molecular complexity index is 2180. The largest absolute Gasteiger partial charge is 0.472 e. The van der Waals surface area contributed by atoms with Gasteiger partial charge in [0.05, 0.1) is 26.4 Å². The number of allylic oxidation sites excluding steroid dienone is 12. The molecule has 0 heterocycles. The third-order valence-electron chi connectivity index (χ3n) is 17.1. The minimum atomic E-state index is -4.98. The molecule has 19 heteroatoms. The normalized spacial score (nSPS) is 14.3. The molecule has 0 spiro atoms. The van der Waals surface area contributed by atoms with Gasteiger partial charge in [-0.3, -0.25) is 37.3 Å². The summed E-state index contributed by atoms with van der Waals surface area (Å²) in [5, 5.41) is 10.6. The van der Waals surface area contributed by atoms with Crippen molar-refractivity contribution in [3.05, 3.63) is 72.9 Å². The van der Waals surface area contributed by atoms with Crippen LogP contribution in [0.1, 0.15) is 362 Å². The zero-order valence-electron chi connectivity index (χ0n) is 63.6. The zero-order valence-corrected chi connectivity index (χ0v) is 65.4. The van der Waals surface area contributed by atoms with E-state index in [9.17, 15) is 43.2 Å². The zero-order chi connectivity index (χ0) is 73.2. The van der Waals surface area contributed by atoms with Crippen molar-refractivity contribution in [3.63, 3.8) is 0 Å². The summed E-state index contributed by atoms with van der Waals surface area (Å²) in [5.74, 6) is -2.18. The van der Waals surface area contributed by atoms with Gasteiger partial charge in [0.2, 0.25) is 0 Å². The molecule has 0 aliphatic carbocycles. The van der Waals surface area contributed by atoms with Crippen LogP contribution in [0.15, 0.2) is 72.9 Å². The average Bonchev–Trinajstić information content (AvgIpc) is 0.929. The van der Waals surface area contributed by atoms with Gasteiger partial charge >= 0.3 is 39.5 Å². The Hall–Kier alpha value is -3.50. The van der Waals surface area contributed by atoms with Crippen LogP contribution in [0, 0.1) is 0 Å². The molecule has 0 aromatic carbocycles. The molecule has 0 saturated carbocycles. The predicted octanol–water partition coefficient (Wildman–Crippen LogP) is 23.2. The Morgan fingerprint density at radius 2 is 0.510 bits per heavy atom. The lowest BCUT2D eigenvalue weighted by Crippen LogP contribution is -2.30. The van der Waals surface area contributed by atoms with Crippen LogP contribution in [0.3, 0.4) is 0 Å². The van der Waals surface area contributed by atoms with Crippen molar-refractivity contribution >= 4 is 39.5 Å². The first-order chi connectivity index (χ1) is 48.7. The summed E-state index contributed by atoms with van der Waals surface area (Å²) in [6.45, 7) is 4.79. The molecule has 100 heavy (non-hydrogen) atoms. The minimum absolute atomic E-state index is 0.0827. The van der Waals surface area contributed by atoms with E-state index in [0.717, 1.165) is 167 Å². The molecule has 0 aliphatic rings. The highest BCUT2D eigenvalue weighted by molar-refractivity contribution is 7.47. The molecule has 0 rings (SSSR count). The van der Waals surface area contributed by atoms with Gasteiger partial charge in [0.1, 0.15) is 19.3 Å². The molecule has 0 amide bonds. The number of aliphatic hydroxyl groups is 1. The van der Waals surface area contributed by atoms with Crippen LogP contribution in [-0.2, 0) is 65.4 Å². The number of phosphoric acid groups is 2. The van der Waals surface area contributed by atoms with E-state index >= 15 is 0 Å². The molecule has 0 radical (unpaired) electrons. The first kappa shape index (κ1) is 96.5. The summed E-state index contributed by atoms with van der Waals surface area (Å²) < 4.78 is 68.6. The summed E-state index contributed by atoms with van der Waals surface area (Å²) in [6.07, 6.45) is 74.5. The Kier molecular flexibility index (Phi) is 71.2. The molecule has 0 bridgehead atoms. The Morgan fingerprint density at radius 1 is 0.280 bits per heavy atom. The SMILES string of the molecule is CCC/C=C\C/C=C\CCCCCCCC(=O)OC(COC(=O)CCCCCCCCCCCCCCCCC)COP(=O)(O)OCC(O)COP(=O)(O)OCC(COC(=O)CCCCCCCC/C=C\C/C=C\C/C=C\CCCCC)OC(=O)CCCCCCC/C=C\CCCCCC. The fourth-order valence-corrected chi connectivity index (χ4v) is 12.5. The lowest BCUT2D eigenvalue weighted by atomic mass is 10.0. The van der Waals surface area contributed by atoms with Gasteiger partial charge < -0.3 is 33.8 Å². The van der Waals surface area contributed by atoms with Crippen molar-refractivity contribution in [1.82, 2.24) is 0 Å². The van der Waals surface area contributed by atoms with Crippen LogP contribution in [0.4, 0.5) is 0 Å². The minimum Gasteiger partial charge on any atom is -0.462 e. The van der Waals surface area contributed by atoms with Crippen LogP contribution < -0.4 is 0 Å². The number of unbranched alkanes of at least 4 members (excludes halogenated alkanes) is 38. The third-order valence-corrected chi connectivity index (χ3v) is 19.0. The first-order valence-electron chi connectivity index (χ1n) is 40.2. The Morgan fingerprint density at radius 3 is 0.830 bits per heavy atom. The number of hydrogen-bond acceptors (Lipinski definition) is 15. The van der Waals surface area contributed by atoms with E-state index < -0.39 is 97.5 Å². The number of aliphatic hydroxyl groups excluding tert-OH is 1. The summed E-state index contributed by atoms with van der Waals surface area (Å²) in [7, 11) is -9.95. The highest BCUT2D eigenvalue weighted by Crippen LogP contribution is 2.45. The van der Waals surface area contributed by atoms with E-state index in [0.29, 0.717) is 25.7 Å². The highest BCUT2D eigenvalue weighted by Gasteiger charge is 2.30. The van der Waals surface area contributed by atoms with E-state index in [1.807, 2.05) is 0 Å². The second kappa shape index (κ2) is 73.8. The third kappa shape index (κ3) is 72.8.